The van der Waals surface area contributed by atoms with Gasteiger partial charge in [0.05, 0.1) is 0 Å². The molecule has 5 rings (SSSR count). The summed E-state index contributed by atoms with van der Waals surface area (Å²) >= 11 is 0. The maximum absolute atomic E-state index is 13.3. The molecule has 5 nitrogen and oxygen atoms in total. The molecule has 182 valence electrons. The average Bonchev–Trinajstić information content (AvgIpc) is 3.17. The molecule has 1 aromatic heterocycles. The molecule has 36 heavy (non-hydrogen) atoms. The first-order chi connectivity index (χ1) is 17.6. The van der Waals surface area contributed by atoms with Crippen LogP contribution in [0.5, 0.6) is 0 Å². The third kappa shape index (κ3) is 5.28. The summed E-state index contributed by atoms with van der Waals surface area (Å²) in [4.78, 5) is 27.2. The van der Waals surface area contributed by atoms with Crippen molar-refractivity contribution in [3.63, 3.8) is 0 Å². The van der Waals surface area contributed by atoms with Crippen LogP contribution >= 0.6 is 0 Å². The molecular formula is C30H29FN4O. The van der Waals surface area contributed by atoms with Crippen molar-refractivity contribution >= 4 is 11.7 Å². The van der Waals surface area contributed by atoms with Crippen molar-refractivity contribution < 1.29 is 9.18 Å². The Hall–Kier alpha value is -4.06. The van der Waals surface area contributed by atoms with E-state index in [4.69, 9.17) is 9.97 Å². The van der Waals surface area contributed by atoms with E-state index in [1.165, 1.54) is 17.7 Å². The summed E-state index contributed by atoms with van der Waals surface area (Å²) in [7, 11) is 0. The number of anilines is 1. The Morgan fingerprint density at radius 2 is 1.53 bits per heavy atom. The third-order valence-corrected chi connectivity index (χ3v) is 6.62. The van der Waals surface area contributed by atoms with Gasteiger partial charge in [-0.05, 0) is 43.2 Å². The van der Waals surface area contributed by atoms with Crippen LogP contribution in [0.3, 0.4) is 0 Å². The predicted molar refractivity (Wildman–Crippen MR) is 141 cm³/mol. The monoisotopic (exact) mass is 480 g/mol. The highest BCUT2D eigenvalue weighted by atomic mass is 19.1. The highest BCUT2D eigenvalue weighted by molar-refractivity contribution is 5.94. The van der Waals surface area contributed by atoms with E-state index in [9.17, 15) is 9.18 Å². The Morgan fingerprint density at radius 1 is 0.833 bits per heavy atom. The van der Waals surface area contributed by atoms with E-state index in [0.29, 0.717) is 31.0 Å². The van der Waals surface area contributed by atoms with Gasteiger partial charge in [0.1, 0.15) is 11.6 Å². The van der Waals surface area contributed by atoms with E-state index >= 15 is 0 Å². The summed E-state index contributed by atoms with van der Waals surface area (Å²) in [6.07, 6.45) is 1.56. The SMILES string of the molecule is Cc1nc(-c2ccccc2)nc(N2CCCN(C(=O)c3ccc(F)cc3)CC2)c1Cc1ccccc1. The molecule has 6 heteroatoms. The molecule has 0 unspecified atom stereocenters. The number of nitrogens with zero attached hydrogens (tertiary/aromatic N) is 4. The fourth-order valence-electron chi connectivity index (χ4n) is 4.67. The fraction of sp³-hybridized carbons (Fsp3) is 0.233. The lowest BCUT2D eigenvalue weighted by Crippen LogP contribution is -2.35. The second-order valence-electron chi connectivity index (χ2n) is 9.10. The molecule has 0 aliphatic carbocycles. The minimum absolute atomic E-state index is 0.0646. The van der Waals surface area contributed by atoms with E-state index in [1.54, 1.807) is 12.1 Å². The summed E-state index contributed by atoms with van der Waals surface area (Å²) in [5.41, 5.74) is 4.78. The number of carbonyl (C=O) groups is 1. The van der Waals surface area contributed by atoms with Gasteiger partial charge in [0.2, 0.25) is 0 Å². The van der Waals surface area contributed by atoms with Gasteiger partial charge in [-0.1, -0.05) is 60.7 Å². The zero-order valence-corrected chi connectivity index (χ0v) is 20.4. The number of rotatable bonds is 5. The molecule has 0 spiro atoms. The summed E-state index contributed by atoms with van der Waals surface area (Å²) in [6.45, 7) is 4.73. The Morgan fingerprint density at radius 3 is 2.25 bits per heavy atom. The average molecular weight is 481 g/mol. The van der Waals surface area contributed by atoms with Crippen LogP contribution in [0.4, 0.5) is 10.2 Å². The normalized spacial score (nSPS) is 13.9. The van der Waals surface area contributed by atoms with Crippen LogP contribution < -0.4 is 4.90 Å². The highest BCUT2D eigenvalue weighted by Crippen LogP contribution is 2.28. The minimum atomic E-state index is -0.340. The summed E-state index contributed by atoms with van der Waals surface area (Å²) in [6, 6.07) is 26.2. The van der Waals surface area contributed by atoms with Gasteiger partial charge in [-0.2, -0.15) is 0 Å². The summed E-state index contributed by atoms with van der Waals surface area (Å²) in [5, 5.41) is 0. The van der Waals surface area contributed by atoms with Crippen molar-refractivity contribution in [1.82, 2.24) is 14.9 Å². The van der Waals surface area contributed by atoms with Crippen LogP contribution in [0.15, 0.2) is 84.9 Å². The van der Waals surface area contributed by atoms with Gasteiger partial charge in [-0.3, -0.25) is 4.79 Å². The van der Waals surface area contributed by atoms with E-state index in [2.05, 4.69) is 36.1 Å². The van der Waals surface area contributed by atoms with Gasteiger partial charge < -0.3 is 9.80 Å². The minimum Gasteiger partial charge on any atom is -0.354 e. The molecule has 0 radical (unpaired) electrons. The van der Waals surface area contributed by atoms with E-state index in [-0.39, 0.29) is 11.7 Å². The molecule has 1 saturated heterocycles. The van der Waals surface area contributed by atoms with Gasteiger partial charge in [-0.25, -0.2) is 14.4 Å². The zero-order valence-electron chi connectivity index (χ0n) is 20.4. The second-order valence-corrected chi connectivity index (χ2v) is 9.10. The Kier molecular flexibility index (Phi) is 7.03. The van der Waals surface area contributed by atoms with E-state index in [1.807, 2.05) is 41.3 Å². The zero-order chi connectivity index (χ0) is 24.9. The molecule has 1 fully saturated rings. The van der Waals surface area contributed by atoms with E-state index in [0.717, 1.165) is 42.0 Å². The van der Waals surface area contributed by atoms with Crippen molar-refractivity contribution in [1.29, 1.82) is 0 Å². The maximum atomic E-state index is 13.3. The number of halogens is 1. The largest absolute Gasteiger partial charge is 0.354 e. The van der Waals surface area contributed by atoms with Crippen LogP contribution in [0, 0.1) is 12.7 Å². The van der Waals surface area contributed by atoms with Crippen molar-refractivity contribution in [2.45, 2.75) is 19.8 Å². The van der Waals surface area contributed by atoms with Crippen LogP contribution in [0.1, 0.15) is 33.6 Å². The first-order valence-electron chi connectivity index (χ1n) is 12.3. The molecule has 3 aromatic carbocycles. The molecule has 2 heterocycles. The topological polar surface area (TPSA) is 49.3 Å². The Bertz CT molecular complexity index is 1330. The lowest BCUT2D eigenvalue weighted by molar-refractivity contribution is 0.0767. The van der Waals surface area contributed by atoms with Gasteiger partial charge >= 0.3 is 0 Å². The quantitative estimate of drug-likeness (QED) is 0.377. The van der Waals surface area contributed by atoms with Crippen LogP contribution in [-0.4, -0.2) is 47.0 Å². The number of aromatic nitrogens is 2. The molecule has 1 aliphatic rings. The van der Waals surface area contributed by atoms with Crippen LogP contribution in [-0.2, 0) is 6.42 Å². The molecule has 0 saturated carbocycles. The van der Waals surface area contributed by atoms with Gasteiger partial charge in [0.25, 0.3) is 5.91 Å². The summed E-state index contributed by atoms with van der Waals surface area (Å²) in [5.74, 6) is 1.24. The van der Waals surface area contributed by atoms with Gasteiger partial charge in [-0.15, -0.1) is 0 Å². The lowest BCUT2D eigenvalue weighted by Gasteiger charge is -2.26. The predicted octanol–water partition coefficient (Wildman–Crippen LogP) is 5.53. The van der Waals surface area contributed by atoms with Crippen molar-refractivity contribution in [2.24, 2.45) is 0 Å². The molecule has 1 aliphatic heterocycles. The van der Waals surface area contributed by atoms with Crippen molar-refractivity contribution in [3.05, 3.63) is 113 Å². The number of amides is 1. The number of aryl methyl sites for hydroxylation is 1. The fourth-order valence-corrected chi connectivity index (χ4v) is 4.67. The molecule has 0 atom stereocenters. The van der Waals surface area contributed by atoms with Crippen LogP contribution in [0.25, 0.3) is 11.4 Å². The Labute approximate surface area is 211 Å². The molecular weight excluding hydrogens is 451 g/mol. The molecule has 4 aromatic rings. The number of benzene rings is 3. The number of hydrogen-bond acceptors (Lipinski definition) is 4. The number of hydrogen-bond donors (Lipinski definition) is 0. The van der Waals surface area contributed by atoms with Gasteiger partial charge in [0.15, 0.2) is 5.82 Å². The summed E-state index contributed by atoms with van der Waals surface area (Å²) < 4.78 is 13.3. The third-order valence-electron chi connectivity index (χ3n) is 6.62. The lowest BCUT2D eigenvalue weighted by atomic mass is 10.0. The second kappa shape index (κ2) is 10.7. The van der Waals surface area contributed by atoms with Gasteiger partial charge in [0, 0.05) is 55.0 Å². The standard InChI is InChI=1S/C30H29FN4O/c1-22-27(21-23-9-4-2-5-10-23)29(33-28(32-22)24-11-6-3-7-12-24)34-17-8-18-35(20-19-34)30(36)25-13-15-26(31)16-14-25/h2-7,9-16H,8,17-21H2,1H3. The maximum Gasteiger partial charge on any atom is 0.253 e. The molecule has 0 bridgehead atoms. The number of carbonyl (C=O) groups excluding carboxylic acids is 1. The first-order valence-corrected chi connectivity index (χ1v) is 12.3. The smallest absolute Gasteiger partial charge is 0.253 e. The first kappa shape index (κ1) is 23.7. The van der Waals surface area contributed by atoms with Crippen molar-refractivity contribution in [2.75, 3.05) is 31.1 Å². The Balaban J connectivity index is 1.45. The molecule has 0 N–H and O–H groups in total. The highest BCUT2D eigenvalue weighted by Gasteiger charge is 2.24. The van der Waals surface area contributed by atoms with E-state index < -0.39 is 0 Å². The molecule has 1 amide bonds. The van der Waals surface area contributed by atoms with Crippen molar-refractivity contribution in [3.8, 4) is 11.4 Å². The van der Waals surface area contributed by atoms with Crippen LogP contribution in [0.2, 0.25) is 0 Å².